The summed E-state index contributed by atoms with van der Waals surface area (Å²) in [5.74, 6) is -0.103. The molecule has 1 atom stereocenters. The van der Waals surface area contributed by atoms with Crippen LogP contribution in [0.1, 0.15) is 52.9 Å². The van der Waals surface area contributed by atoms with E-state index >= 15 is 0 Å². The number of rotatable bonds is 10. The highest BCUT2D eigenvalue weighted by Gasteiger charge is 2.18. The van der Waals surface area contributed by atoms with Crippen LogP contribution in [0.15, 0.2) is 0 Å². The maximum absolute atomic E-state index is 11.1. The zero-order chi connectivity index (χ0) is 13.1. The van der Waals surface area contributed by atoms with E-state index in [0.29, 0.717) is 13.0 Å². The van der Waals surface area contributed by atoms with E-state index in [1.165, 1.54) is 0 Å². The van der Waals surface area contributed by atoms with Crippen LogP contribution in [0.4, 0.5) is 0 Å². The lowest BCUT2D eigenvalue weighted by Gasteiger charge is -2.27. The molecule has 0 aliphatic carbocycles. The first-order chi connectivity index (χ1) is 8.08. The Morgan fingerprint density at radius 2 is 2.00 bits per heavy atom. The molecule has 17 heavy (non-hydrogen) atoms. The summed E-state index contributed by atoms with van der Waals surface area (Å²) >= 11 is 0. The summed E-state index contributed by atoms with van der Waals surface area (Å²) in [7, 11) is 0. The Balaban J connectivity index is 3.43. The van der Waals surface area contributed by atoms with Crippen LogP contribution in [0, 0.1) is 0 Å². The zero-order valence-electron chi connectivity index (χ0n) is 11.4. The lowest BCUT2D eigenvalue weighted by atomic mass is 10.00. The topological polar surface area (TPSA) is 58.6 Å². The fourth-order valence-electron chi connectivity index (χ4n) is 1.49. The maximum atomic E-state index is 11.1. The van der Waals surface area contributed by atoms with E-state index in [2.05, 4.69) is 12.2 Å². The molecule has 0 radical (unpaired) electrons. The molecule has 0 saturated carbocycles. The van der Waals surface area contributed by atoms with Crippen LogP contribution in [-0.2, 0) is 9.53 Å². The van der Waals surface area contributed by atoms with Crippen LogP contribution >= 0.6 is 0 Å². The molecule has 0 fully saturated rings. The van der Waals surface area contributed by atoms with Gasteiger partial charge in [-0.3, -0.25) is 4.79 Å². The molecular formula is C13H27NO3. The van der Waals surface area contributed by atoms with Gasteiger partial charge in [0.1, 0.15) is 0 Å². The third kappa shape index (κ3) is 8.16. The molecule has 0 amide bonds. The molecule has 0 aromatic heterocycles. The van der Waals surface area contributed by atoms with Crippen LogP contribution in [0.2, 0.25) is 0 Å². The molecule has 0 aliphatic heterocycles. The largest absolute Gasteiger partial charge is 0.466 e. The molecule has 0 heterocycles. The Hall–Kier alpha value is -0.610. The fourth-order valence-corrected chi connectivity index (χ4v) is 1.49. The van der Waals surface area contributed by atoms with Crippen molar-refractivity contribution >= 4 is 5.97 Å². The molecule has 0 aromatic rings. The summed E-state index contributed by atoms with van der Waals surface area (Å²) in [6, 6.07) is 0. The number of esters is 1. The van der Waals surface area contributed by atoms with Crippen LogP contribution in [0.3, 0.4) is 0 Å². The van der Waals surface area contributed by atoms with Crippen molar-refractivity contribution in [3.05, 3.63) is 0 Å². The Morgan fingerprint density at radius 3 is 2.53 bits per heavy atom. The van der Waals surface area contributed by atoms with Crippen molar-refractivity contribution in [2.45, 2.75) is 58.4 Å². The SMILES string of the molecule is CCOC(=O)CCCCCNC(C)(CC)CO. The molecule has 0 bridgehead atoms. The predicted molar refractivity (Wildman–Crippen MR) is 68.9 cm³/mol. The molecule has 0 aromatic carbocycles. The van der Waals surface area contributed by atoms with Gasteiger partial charge >= 0.3 is 5.97 Å². The number of aliphatic hydroxyl groups is 1. The van der Waals surface area contributed by atoms with Crippen molar-refractivity contribution in [2.24, 2.45) is 0 Å². The molecule has 0 aliphatic rings. The summed E-state index contributed by atoms with van der Waals surface area (Å²) in [6.07, 6.45) is 4.33. The van der Waals surface area contributed by atoms with Crippen molar-refractivity contribution in [1.29, 1.82) is 0 Å². The van der Waals surface area contributed by atoms with Gasteiger partial charge in [-0.05, 0) is 39.7 Å². The quantitative estimate of drug-likeness (QED) is 0.455. The summed E-state index contributed by atoms with van der Waals surface area (Å²) in [6.45, 7) is 7.41. The second kappa shape index (κ2) is 9.42. The molecule has 4 nitrogen and oxygen atoms in total. The van der Waals surface area contributed by atoms with Crippen LogP contribution in [0.5, 0.6) is 0 Å². The highest BCUT2D eigenvalue weighted by Crippen LogP contribution is 2.08. The fraction of sp³-hybridized carbons (Fsp3) is 0.923. The van der Waals surface area contributed by atoms with Gasteiger partial charge in [0.25, 0.3) is 0 Å². The maximum Gasteiger partial charge on any atom is 0.305 e. The number of carbonyl (C=O) groups excluding carboxylic acids is 1. The van der Waals surface area contributed by atoms with E-state index in [1.807, 2.05) is 13.8 Å². The predicted octanol–water partition coefficient (Wildman–Crippen LogP) is 1.86. The van der Waals surface area contributed by atoms with E-state index in [0.717, 1.165) is 32.2 Å². The molecule has 4 heteroatoms. The molecule has 102 valence electrons. The van der Waals surface area contributed by atoms with Crippen LogP contribution in [-0.4, -0.2) is 36.4 Å². The Labute approximate surface area is 105 Å². The number of unbranched alkanes of at least 4 members (excludes halogenated alkanes) is 2. The van der Waals surface area contributed by atoms with Crippen molar-refractivity contribution in [2.75, 3.05) is 19.8 Å². The molecule has 0 saturated heterocycles. The van der Waals surface area contributed by atoms with Gasteiger partial charge in [-0.25, -0.2) is 0 Å². The van der Waals surface area contributed by atoms with Crippen molar-refractivity contribution in [3.8, 4) is 0 Å². The van der Waals surface area contributed by atoms with Gasteiger partial charge in [0, 0.05) is 12.0 Å². The monoisotopic (exact) mass is 245 g/mol. The first kappa shape index (κ1) is 16.4. The first-order valence-corrected chi connectivity index (χ1v) is 6.59. The van der Waals surface area contributed by atoms with E-state index in [4.69, 9.17) is 4.74 Å². The summed E-state index contributed by atoms with van der Waals surface area (Å²) in [4.78, 5) is 11.1. The Morgan fingerprint density at radius 1 is 1.29 bits per heavy atom. The number of carbonyl (C=O) groups is 1. The molecule has 0 spiro atoms. The second-order valence-electron chi connectivity index (χ2n) is 4.61. The van der Waals surface area contributed by atoms with Crippen LogP contribution < -0.4 is 5.32 Å². The van der Waals surface area contributed by atoms with E-state index < -0.39 is 0 Å². The second-order valence-corrected chi connectivity index (χ2v) is 4.61. The Bertz CT molecular complexity index is 203. The minimum absolute atomic E-state index is 0.103. The number of hydrogen-bond acceptors (Lipinski definition) is 4. The van der Waals surface area contributed by atoms with Crippen molar-refractivity contribution in [1.82, 2.24) is 5.32 Å². The first-order valence-electron chi connectivity index (χ1n) is 6.59. The number of ether oxygens (including phenoxy) is 1. The minimum atomic E-state index is -0.166. The summed E-state index contributed by atoms with van der Waals surface area (Å²) in [5.41, 5.74) is -0.166. The van der Waals surface area contributed by atoms with Gasteiger partial charge in [-0.15, -0.1) is 0 Å². The number of hydrogen-bond donors (Lipinski definition) is 2. The third-order valence-corrected chi connectivity index (χ3v) is 3.04. The minimum Gasteiger partial charge on any atom is -0.466 e. The number of nitrogens with one attached hydrogen (secondary N) is 1. The standard InChI is InChI=1S/C13H27NO3/c1-4-13(3,11-15)14-10-8-6-7-9-12(16)17-5-2/h14-15H,4-11H2,1-3H3. The normalized spacial score (nSPS) is 14.4. The van der Waals surface area contributed by atoms with Gasteiger partial charge < -0.3 is 15.2 Å². The molecule has 0 rings (SSSR count). The van der Waals surface area contributed by atoms with Gasteiger partial charge in [-0.2, -0.15) is 0 Å². The van der Waals surface area contributed by atoms with Crippen molar-refractivity contribution < 1.29 is 14.6 Å². The average Bonchev–Trinajstić information content (AvgIpc) is 2.33. The highest BCUT2D eigenvalue weighted by molar-refractivity contribution is 5.69. The Kier molecular flexibility index (Phi) is 9.09. The number of aliphatic hydroxyl groups excluding tert-OH is 1. The average molecular weight is 245 g/mol. The van der Waals surface area contributed by atoms with E-state index in [-0.39, 0.29) is 18.1 Å². The van der Waals surface area contributed by atoms with Crippen LogP contribution in [0.25, 0.3) is 0 Å². The zero-order valence-corrected chi connectivity index (χ0v) is 11.4. The van der Waals surface area contributed by atoms with Crippen molar-refractivity contribution in [3.63, 3.8) is 0 Å². The smallest absolute Gasteiger partial charge is 0.305 e. The lowest BCUT2D eigenvalue weighted by molar-refractivity contribution is -0.143. The lowest BCUT2D eigenvalue weighted by Crippen LogP contribution is -2.45. The molecular weight excluding hydrogens is 218 g/mol. The summed E-state index contributed by atoms with van der Waals surface area (Å²) in [5, 5.41) is 12.5. The van der Waals surface area contributed by atoms with Gasteiger partial charge in [-0.1, -0.05) is 13.3 Å². The summed E-state index contributed by atoms with van der Waals surface area (Å²) < 4.78 is 4.85. The molecule has 2 N–H and O–H groups in total. The van der Waals surface area contributed by atoms with Gasteiger partial charge in [0.15, 0.2) is 0 Å². The molecule has 1 unspecified atom stereocenters. The van der Waals surface area contributed by atoms with Gasteiger partial charge in [0.2, 0.25) is 0 Å². The highest BCUT2D eigenvalue weighted by atomic mass is 16.5. The van der Waals surface area contributed by atoms with Gasteiger partial charge in [0.05, 0.1) is 13.2 Å². The third-order valence-electron chi connectivity index (χ3n) is 3.04. The van der Waals surface area contributed by atoms with E-state index in [9.17, 15) is 9.90 Å². The van der Waals surface area contributed by atoms with E-state index in [1.54, 1.807) is 0 Å².